The van der Waals surface area contributed by atoms with Gasteiger partial charge in [-0.1, -0.05) is 23.7 Å². The summed E-state index contributed by atoms with van der Waals surface area (Å²) in [6.07, 6.45) is 1.66. The van der Waals surface area contributed by atoms with E-state index in [2.05, 4.69) is 6.07 Å². The van der Waals surface area contributed by atoms with Crippen LogP contribution in [0.4, 0.5) is 4.79 Å². The maximum Gasteiger partial charge on any atom is 0.410 e. The number of benzene rings is 1. The average Bonchev–Trinajstić information content (AvgIpc) is 2.47. The zero-order chi connectivity index (χ0) is 17.0. The lowest BCUT2D eigenvalue weighted by Gasteiger charge is -2.36. The van der Waals surface area contributed by atoms with Crippen molar-refractivity contribution in [1.82, 2.24) is 4.90 Å². The molecule has 5 heteroatoms. The zero-order valence-electron chi connectivity index (χ0n) is 14.2. The summed E-state index contributed by atoms with van der Waals surface area (Å²) in [5.74, 6) is 0.756. The van der Waals surface area contributed by atoms with Crippen LogP contribution in [0.1, 0.15) is 45.1 Å². The molecule has 1 atom stereocenters. The number of amides is 1. The highest BCUT2D eigenvalue weighted by molar-refractivity contribution is 6.30. The predicted octanol–water partition coefficient (Wildman–Crippen LogP) is 4.03. The van der Waals surface area contributed by atoms with E-state index in [9.17, 15) is 4.79 Å². The molecule has 0 spiro atoms. The first-order valence-corrected chi connectivity index (χ1v) is 8.61. The Hall–Kier alpha value is -1.26. The summed E-state index contributed by atoms with van der Waals surface area (Å²) in [6, 6.07) is 7.93. The van der Waals surface area contributed by atoms with E-state index in [1.165, 1.54) is 5.56 Å². The summed E-state index contributed by atoms with van der Waals surface area (Å²) in [6.45, 7) is 7.70. The van der Waals surface area contributed by atoms with Gasteiger partial charge in [0.15, 0.2) is 0 Å². The average molecular weight is 339 g/mol. The van der Waals surface area contributed by atoms with Crippen molar-refractivity contribution >= 4 is 17.7 Å². The summed E-state index contributed by atoms with van der Waals surface area (Å²) in [7, 11) is 0. The van der Waals surface area contributed by atoms with Gasteiger partial charge >= 0.3 is 6.09 Å². The van der Waals surface area contributed by atoms with Crippen LogP contribution in [0, 0.1) is 5.92 Å². The van der Waals surface area contributed by atoms with Gasteiger partial charge in [-0.15, -0.1) is 0 Å². The highest BCUT2D eigenvalue weighted by atomic mass is 35.5. The highest BCUT2D eigenvalue weighted by Crippen LogP contribution is 2.33. The number of hydrogen-bond donors (Lipinski definition) is 1. The molecule has 23 heavy (non-hydrogen) atoms. The smallest absolute Gasteiger partial charge is 0.410 e. The maximum atomic E-state index is 12.1. The van der Waals surface area contributed by atoms with Crippen molar-refractivity contribution in [3.63, 3.8) is 0 Å². The zero-order valence-corrected chi connectivity index (χ0v) is 15.0. The van der Waals surface area contributed by atoms with E-state index in [4.69, 9.17) is 22.1 Å². The third-order valence-electron chi connectivity index (χ3n) is 4.29. The molecule has 1 unspecified atom stereocenters. The maximum absolute atomic E-state index is 12.1. The second-order valence-electron chi connectivity index (χ2n) is 7.20. The Kier molecular flexibility index (Phi) is 5.93. The van der Waals surface area contributed by atoms with E-state index in [0.29, 0.717) is 12.5 Å². The quantitative estimate of drug-likeness (QED) is 0.905. The largest absolute Gasteiger partial charge is 0.444 e. The minimum Gasteiger partial charge on any atom is -0.444 e. The normalized spacial score (nSPS) is 17.9. The molecule has 1 saturated heterocycles. The predicted molar refractivity (Wildman–Crippen MR) is 93.8 cm³/mol. The molecule has 1 heterocycles. The fourth-order valence-corrected chi connectivity index (χ4v) is 3.35. The van der Waals surface area contributed by atoms with Crippen molar-refractivity contribution < 1.29 is 9.53 Å². The standard InChI is InChI=1S/C18H27ClN2O2/c1-18(2,3)23-17(22)21-9-7-13(8-10-21)16(12-20)14-5-4-6-15(19)11-14/h4-6,11,13,16H,7-10,12,20H2,1-3H3. The Morgan fingerprint density at radius 2 is 2.04 bits per heavy atom. The van der Waals surface area contributed by atoms with Gasteiger partial charge in [-0.05, 0) is 69.7 Å². The Morgan fingerprint density at radius 3 is 2.57 bits per heavy atom. The van der Waals surface area contributed by atoms with Gasteiger partial charge in [0, 0.05) is 18.1 Å². The number of ether oxygens (including phenoxy) is 1. The van der Waals surface area contributed by atoms with E-state index in [1.54, 1.807) is 4.90 Å². The number of rotatable bonds is 3. The van der Waals surface area contributed by atoms with Crippen molar-refractivity contribution in [2.24, 2.45) is 11.7 Å². The van der Waals surface area contributed by atoms with E-state index < -0.39 is 5.60 Å². The summed E-state index contributed by atoms with van der Waals surface area (Å²) in [4.78, 5) is 13.9. The van der Waals surface area contributed by atoms with Crippen molar-refractivity contribution in [2.45, 2.75) is 45.1 Å². The topological polar surface area (TPSA) is 55.6 Å². The lowest BCUT2D eigenvalue weighted by Crippen LogP contribution is -2.43. The molecule has 0 saturated carbocycles. The van der Waals surface area contributed by atoms with Crippen LogP contribution >= 0.6 is 11.6 Å². The Balaban J connectivity index is 1.96. The molecule has 0 bridgehead atoms. The summed E-state index contributed by atoms with van der Waals surface area (Å²) in [5, 5.41) is 0.743. The molecule has 1 fully saturated rings. The molecular formula is C18H27ClN2O2. The van der Waals surface area contributed by atoms with Crippen molar-refractivity contribution in [1.29, 1.82) is 0 Å². The van der Waals surface area contributed by atoms with Gasteiger partial charge in [-0.25, -0.2) is 4.79 Å². The van der Waals surface area contributed by atoms with Crippen LogP contribution in [0.15, 0.2) is 24.3 Å². The van der Waals surface area contributed by atoms with Crippen LogP contribution in [0.25, 0.3) is 0 Å². The van der Waals surface area contributed by atoms with Crippen LogP contribution in [0.3, 0.4) is 0 Å². The molecule has 0 aliphatic carbocycles. The van der Waals surface area contributed by atoms with Gasteiger partial charge in [0.1, 0.15) is 5.60 Å². The first kappa shape index (κ1) is 18.1. The molecule has 1 aliphatic rings. The van der Waals surface area contributed by atoms with Crippen molar-refractivity contribution in [3.8, 4) is 0 Å². The number of nitrogens with two attached hydrogens (primary N) is 1. The van der Waals surface area contributed by atoms with E-state index in [1.807, 2.05) is 39.0 Å². The van der Waals surface area contributed by atoms with Crippen LogP contribution in [-0.2, 0) is 4.74 Å². The van der Waals surface area contributed by atoms with Crippen LogP contribution in [-0.4, -0.2) is 36.2 Å². The van der Waals surface area contributed by atoms with Gasteiger partial charge in [-0.2, -0.15) is 0 Å². The van der Waals surface area contributed by atoms with E-state index in [0.717, 1.165) is 31.0 Å². The fraction of sp³-hybridized carbons (Fsp3) is 0.611. The van der Waals surface area contributed by atoms with Crippen LogP contribution in [0.5, 0.6) is 0 Å². The third-order valence-corrected chi connectivity index (χ3v) is 4.53. The molecule has 4 nitrogen and oxygen atoms in total. The van der Waals surface area contributed by atoms with Gasteiger partial charge < -0.3 is 15.4 Å². The van der Waals surface area contributed by atoms with Crippen LogP contribution < -0.4 is 5.73 Å². The number of carbonyl (C=O) groups is 1. The Labute approximate surface area is 143 Å². The molecule has 1 aliphatic heterocycles. The third kappa shape index (κ3) is 5.11. The number of hydrogen-bond acceptors (Lipinski definition) is 3. The molecule has 128 valence electrons. The highest BCUT2D eigenvalue weighted by Gasteiger charge is 2.30. The second kappa shape index (κ2) is 7.54. The van der Waals surface area contributed by atoms with Crippen molar-refractivity contribution in [3.05, 3.63) is 34.9 Å². The SMILES string of the molecule is CC(C)(C)OC(=O)N1CCC(C(CN)c2cccc(Cl)c2)CC1. The molecule has 1 amide bonds. The number of carbonyl (C=O) groups excluding carboxylic acids is 1. The summed E-state index contributed by atoms with van der Waals surface area (Å²) in [5.41, 5.74) is 6.76. The minimum absolute atomic E-state index is 0.219. The summed E-state index contributed by atoms with van der Waals surface area (Å²) < 4.78 is 5.44. The minimum atomic E-state index is -0.450. The number of nitrogens with zero attached hydrogens (tertiary/aromatic N) is 1. The fourth-order valence-electron chi connectivity index (χ4n) is 3.15. The van der Waals surface area contributed by atoms with Crippen LogP contribution in [0.2, 0.25) is 5.02 Å². The summed E-state index contributed by atoms with van der Waals surface area (Å²) >= 11 is 6.10. The lowest BCUT2D eigenvalue weighted by molar-refractivity contribution is 0.0175. The molecule has 1 aromatic carbocycles. The number of piperidine rings is 1. The van der Waals surface area contributed by atoms with E-state index >= 15 is 0 Å². The van der Waals surface area contributed by atoms with E-state index in [-0.39, 0.29) is 12.0 Å². The number of halogens is 1. The first-order valence-electron chi connectivity index (χ1n) is 8.23. The molecule has 2 N–H and O–H groups in total. The Morgan fingerprint density at radius 1 is 1.39 bits per heavy atom. The monoisotopic (exact) mass is 338 g/mol. The Bertz CT molecular complexity index is 534. The van der Waals surface area contributed by atoms with Crippen molar-refractivity contribution in [2.75, 3.05) is 19.6 Å². The van der Waals surface area contributed by atoms with Gasteiger partial charge in [-0.3, -0.25) is 0 Å². The first-order chi connectivity index (χ1) is 10.8. The molecule has 2 rings (SSSR count). The molecular weight excluding hydrogens is 312 g/mol. The van der Waals surface area contributed by atoms with Gasteiger partial charge in [0.25, 0.3) is 0 Å². The number of likely N-dealkylation sites (tertiary alicyclic amines) is 1. The molecule has 0 radical (unpaired) electrons. The lowest BCUT2D eigenvalue weighted by atomic mass is 9.80. The second-order valence-corrected chi connectivity index (χ2v) is 7.64. The van der Waals surface area contributed by atoms with Gasteiger partial charge in [0.05, 0.1) is 0 Å². The van der Waals surface area contributed by atoms with Gasteiger partial charge in [0.2, 0.25) is 0 Å². The molecule has 1 aromatic rings. The molecule has 0 aromatic heterocycles.